The van der Waals surface area contributed by atoms with E-state index in [-0.39, 0.29) is 35.1 Å². The fourth-order valence-corrected chi connectivity index (χ4v) is 4.56. The summed E-state index contributed by atoms with van der Waals surface area (Å²) in [6.07, 6.45) is 3.49. The molecule has 1 aliphatic heterocycles. The molecule has 5 rings (SSSR count). The quantitative estimate of drug-likeness (QED) is 0.619. The van der Waals surface area contributed by atoms with Gasteiger partial charge in [-0.25, -0.2) is 9.78 Å². The minimum atomic E-state index is -0.537. The minimum absolute atomic E-state index is 0.0570. The summed E-state index contributed by atoms with van der Waals surface area (Å²) in [5, 5.41) is 3.20. The van der Waals surface area contributed by atoms with Crippen LogP contribution >= 0.6 is 0 Å². The molecular weight excluding hydrogens is 422 g/mol. The molecule has 1 saturated carbocycles. The van der Waals surface area contributed by atoms with E-state index in [0.29, 0.717) is 17.9 Å². The number of morpholine rings is 1. The number of aromatic amines is 1. The number of ether oxygens (including phenoxy) is 1. The summed E-state index contributed by atoms with van der Waals surface area (Å²) in [5.41, 5.74) is 1.30. The Kier molecular flexibility index (Phi) is 5.59. The van der Waals surface area contributed by atoms with Gasteiger partial charge in [-0.2, -0.15) is 0 Å². The first-order valence-corrected chi connectivity index (χ1v) is 11.3. The van der Waals surface area contributed by atoms with E-state index in [1.807, 2.05) is 24.3 Å². The van der Waals surface area contributed by atoms with Crippen LogP contribution in [-0.2, 0) is 11.3 Å². The summed E-state index contributed by atoms with van der Waals surface area (Å²) in [6, 6.07) is 9.25. The van der Waals surface area contributed by atoms with E-state index in [2.05, 4.69) is 34.0 Å². The van der Waals surface area contributed by atoms with E-state index in [1.54, 1.807) is 0 Å². The number of benzene rings is 1. The Bertz CT molecular complexity index is 1320. The number of nitrogens with zero attached hydrogens (tertiary/aromatic N) is 3. The molecule has 2 fully saturated rings. The molecule has 33 heavy (non-hydrogen) atoms. The van der Waals surface area contributed by atoms with Gasteiger partial charge < -0.3 is 10.1 Å². The van der Waals surface area contributed by atoms with Crippen molar-refractivity contribution in [3.63, 3.8) is 0 Å². The number of pyridine rings is 1. The highest BCUT2D eigenvalue weighted by molar-refractivity contribution is 6.05. The predicted molar refractivity (Wildman–Crippen MR) is 125 cm³/mol. The Morgan fingerprint density at radius 1 is 1.18 bits per heavy atom. The van der Waals surface area contributed by atoms with Crippen LogP contribution in [0.15, 0.2) is 46.1 Å². The monoisotopic (exact) mass is 449 g/mol. The molecule has 0 bridgehead atoms. The summed E-state index contributed by atoms with van der Waals surface area (Å²) in [6.45, 7) is 6.47. The molecule has 2 N–H and O–H groups in total. The van der Waals surface area contributed by atoms with Gasteiger partial charge in [0, 0.05) is 37.6 Å². The molecule has 1 aliphatic carbocycles. The Morgan fingerprint density at radius 3 is 2.64 bits per heavy atom. The first kappa shape index (κ1) is 21.5. The highest BCUT2D eigenvalue weighted by atomic mass is 16.5. The number of fused-ring (bicyclic) bond motifs is 1. The number of nitrogens with one attached hydrogen (secondary N) is 2. The third kappa shape index (κ3) is 4.46. The number of H-pyrrole nitrogens is 1. The maximum absolute atomic E-state index is 13.1. The van der Waals surface area contributed by atoms with Crippen LogP contribution in [0.3, 0.4) is 0 Å². The van der Waals surface area contributed by atoms with Crippen LogP contribution in [0, 0.1) is 0 Å². The molecule has 2 aliphatic rings. The van der Waals surface area contributed by atoms with Gasteiger partial charge >= 0.3 is 5.69 Å². The van der Waals surface area contributed by atoms with Crippen molar-refractivity contribution in [1.82, 2.24) is 19.4 Å². The SMILES string of the molecule is CC1CN(Cc2ccccc2NC(=O)c2cnc3c(c2)c(=O)[nH]c(=O)n3C2CC2)CC(C)O1. The molecule has 3 heterocycles. The fourth-order valence-electron chi connectivity index (χ4n) is 4.56. The molecule has 2 aromatic heterocycles. The van der Waals surface area contributed by atoms with Crippen molar-refractivity contribution in [2.45, 2.75) is 51.5 Å². The van der Waals surface area contributed by atoms with Crippen molar-refractivity contribution in [3.05, 3.63) is 68.5 Å². The largest absolute Gasteiger partial charge is 0.373 e. The second-order valence-electron chi connectivity index (χ2n) is 9.02. The Morgan fingerprint density at radius 2 is 1.91 bits per heavy atom. The van der Waals surface area contributed by atoms with Gasteiger partial charge in [-0.15, -0.1) is 0 Å². The molecule has 9 nitrogen and oxygen atoms in total. The van der Waals surface area contributed by atoms with E-state index in [1.165, 1.54) is 16.8 Å². The molecule has 0 radical (unpaired) electrons. The van der Waals surface area contributed by atoms with Crippen LogP contribution in [0.2, 0.25) is 0 Å². The molecule has 9 heteroatoms. The van der Waals surface area contributed by atoms with Crippen molar-refractivity contribution >= 4 is 22.6 Å². The summed E-state index contributed by atoms with van der Waals surface area (Å²) in [7, 11) is 0. The van der Waals surface area contributed by atoms with Crippen LogP contribution in [-0.4, -0.2) is 50.6 Å². The van der Waals surface area contributed by atoms with Crippen LogP contribution in [0.4, 0.5) is 5.69 Å². The number of hydrogen-bond donors (Lipinski definition) is 2. The molecule has 0 spiro atoms. The molecule has 1 aromatic carbocycles. The van der Waals surface area contributed by atoms with Crippen LogP contribution in [0.25, 0.3) is 11.0 Å². The molecule has 2 unspecified atom stereocenters. The van der Waals surface area contributed by atoms with E-state index < -0.39 is 11.2 Å². The lowest BCUT2D eigenvalue weighted by molar-refractivity contribution is -0.0704. The van der Waals surface area contributed by atoms with Gasteiger partial charge in [0.1, 0.15) is 5.65 Å². The van der Waals surface area contributed by atoms with E-state index >= 15 is 0 Å². The third-order valence-electron chi connectivity index (χ3n) is 6.11. The van der Waals surface area contributed by atoms with Gasteiger partial charge in [0.15, 0.2) is 0 Å². The van der Waals surface area contributed by atoms with Crippen molar-refractivity contribution in [3.8, 4) is 0 Å². The molecule has 3 aromatic rings. The van der Waals surface area contributed by atoms with Crippen molar-refractivity contribution in [1.29, 1.82) is 0 Å². The van der Waals surface area contributed by atoms with Crippen molar-refractivity contribution in [2.75, 3.05) is 18.4 Å². The average Bonchev–Trinajstić information content (AvgIpc) is 3.59. The number of para-hydroxylation sites is 1. The lowest BCUT2D eigenvalue weighted by atomic mass is 10.1. The van der Waals surface area contributed by atoms with Gasteiger partial charge in [-0.05, 0) is 44.4 Å². The van der Waals surface area contributed by atoms with Crippen molar-refractivity contribution in [2.24, 2.45) is 0 Å². The number of aromatic nitrogens is 3. The summed E-state index contributed by atoms with van der Waals surface area (Å²) in [4.78, 5) is 46.6. The smallest absolute Gasteiger partial charge is 0.330 e. The first-order valence-electron chi connectivity index (χ1n) is 11.3. The molecule has 172 valence electrons. The highest BCUT2D eigenvalue weighted by Gasteiger charge is 2.28. The normalized spacial score (nSPS) is 21.3. The number of carbonyl (C=O) groups is 1. The van der Waals surface area contributed by atoms with Gasteiger partial charge in [0.2, 0.25) is 0 Å². The number of hydrogen-bond acceptors (Lipinski definition) is 6. The number of rotatable bonds is 5. The summed E-state index contributed by atoms with van der Waals surface area (Å²) >= 11 is 0. The zero-order chi connectivity index (χ0) is 23.1. The Balaban J connectivity index is 1.40. The van der Waals surface area contributed by atoms with Gasteiger partial charge in [0.05, 0.1) is 23.2 Å². The zero-order valence-corrected chi connectivity index (χ0v) is 18.7. The summed E-state index contributed by atoms with van der Waals surface area (Å²) < 4.78 is 7.33. The van der Waals surface area contributed by atoms with Crippen LogP contribution < -0.4 is 16.6 Å². The van der Waals surface area contributed by atoms with E-state index in [4.69, 9.17) is 4.74 Å². The van der Waals surface area contributed by atoms with Crippen molar-refractivity contribution < 1.29 is 9.53 Å². The van der Waals surface area contributed by atoms with Crippen LogP contribution in [0.1, 0.15) is 48.7 Å². The third-order valence-corrected chi connectivity index (χ3v) is 6.11. The lowest BCUT2D eigenvalue weighted by Gasteiger charge is -2.35. The standard InChI is InChI=1S/C24H27N5O4/c1-14-11-28(12-15(2)33-14)13-16-5-3-4-6-20(16)26-22(30)17-9-19-21(25-10-17)29(18-7-8-18)24(32)27-23(19)31/h3-6,9-10,14-15,18H,7-8,11-13H2,1-2H3,(H,26,30)(H,27,31,32). The fraction of sp³-hybridized carbons (Fsp3) is 0.417. The van der Waals surface area contributed by atoms with Gasteiger partial charge in [-0.1, -0.05) is 18.2 Å². The number of carbonyl (C=O) groups excluding carboxylic acids is 1. The Labute approximate surface area is 190 Å². The topological polar surface area (TPSA) is 109 Å². The molecule has 1 saturated heterocycles. The van der Waals surface area contributed by atoms with Gasteiger partial charge in [0.25, 0.3) is 11.5 Å². The lowest BCUT2D eigenvalue weighted by Crippen LogP contribution is -2.44. The molecule has 1 amide bonds. The maximum atomic E-state index is 13.1. The molecular formula is C24H27N5O4. The summed E-state index contributed by atoms with van der Waals surface area (Å²) in [5.74, 6) is -0.357. The first-order chi connectivity index (χ1) is 15.9. The van der Waals surface area contributed by atoms with Gasteiger partial charge in [-0.3, -0.25) is 24.0 Å². The van der Waals surface area contributed by atoms with E-state index in [0.717, 1.165) is 31.5 Å². The average molecular weight is 450 g/mol. The second kappa shape index (κ2) is 8.57. The zero-order valence-electron chi connectivity index (χ0n) is 18.7. The Hall–Kier alpha value is -3.30. The highest BCUT2D eigenvalue weighted by Crippen LogP contribution is 2.34. The van der Waals surface area contributed by atoms with E-state index in [9.17, 15) is 14.4 Å². The molecule has 2 atom stereocenters. The second-order valence-corrected chi connectivity index (χ2v) is 9.02. The number of anilines is 1. The van der Waals surface area contributed by atoms with Crippen LogP contribution in [0.5, 0.6) is 0 Å². The predicted octanol–water partition coefficient (Wildman–Crippen LogP) is 2.28. The number of amides is 1. The minimum Gasteiger partial charge on any atom is -0.373 e. The maximum Gasteiger partial charge on any atom is 0.330 e.